The number of fused-ring (bicyclic) bond motifs is 3. The topological polar surface area (TPSA) is 94.8 Å². The number of esters is 1. The zero-order valence-electron chi connectivity index (χ0n) is 19.9. The summed E-state index contributed by atoms with van der Waals surface area (Å²) < 4.78 is 16.4. The molecule has 0 radical (unpaired) electrons. The van der Waals surface area contributed by atoms with Crippen LogP contribution in [0.2, 0.25) is 0 Å². The number of ether oxygens (including phenoxy) is 2. The predicted molar refractivity (Wildman–Crippen MR) is 133 cm³/mol. The van der Waals surface area contributed by atoms with Gasteiger partial charge in [0.2, 0.25) is 0 Å². The third-order valence-corrected chi connectivity index (χ3v) is 5.61. The Morgan fingerprint density at radius 3 is 2.37 bits per heavy atom. The largest absolute Gasteiger partial charge is 0.445 e. The summed E-state index contributed by atoms with van der Waals surface area (Å²) in [7, 11) is 0. The Hall–Kier alpha value is -4.13. The van der Waals surface area contributed by atoms with Gasteiger partial charge in [-0.15, -0.1) is 0 Å². The monoisotopic (exact) mass is 473 g/mol. The molecule has 4 aromatic rings. The molecule has 0 unspecified atom stereocenters. The highest BCUT2D eigenvalue weighted by molar-refractivity contribution is 6.06. The molecule has 0 spiro atoms. The van der Waals surface area contributed by atoms with Gasteiger partial charge in [-0.3, -0.25) is 0 Å². The molecular weight excluding hydrogens is 446 g/mol. The molecule has 1 aromatic heterocycles. The lowest BCUT2D eigenvalue weighted by Gasteiger charge is -2.19. The molecular formula is C28H27NO6. The SMILES string of the molecule is Cc1cc(OC(=O)[C@@H](CC(C)C)NC(=O)OCc2ccccc2)cc2oc(=O)c3ccccc3c12. The first-order valence-corrected chi connectivity index (χ1v) is 11.5. The van der Waals surface area contributed by atoms with Crippen molar-refractivity contribution in [2.75, 3.05) is 0 Å². The first-order chi connectivity index (χ1) is 16.8. The lowest BCUT2D eigenvalue weighted by Crippen LogP contribution is -2.44. The van der Waals surface area contributed by atoms with Crippen LogP contribution < -0.4 is 15.7 Å². The van der Waals surface area contributed by atoms with Crippen molar-refractivity contribution in [2.24, 2.45) is 5.92 Å². The third-order valence-electron chi connectivity index (χ3n) is 5.61. The van der Waals surface area contributed by atoms with E-state index in [-0.39, 0.29) is 18.3 Å². The molecule has 0 fully saturated rings. The molecule has 1 N–H and O–H groups in total. The fourth-order valence-corrected chi connectivity index (χ4v) is 4.02. The van der Waals surface area contributed by atoms with Gasteiger partial charge in [0.05, 0.1) is 5.39 Å². The Kier molecular flexibility index (Phi) is 7.15. The summed E-state index contributed by atoms with van der Waals surface area (Å²) in [4.78, 5) is 37.8. The van der Waals surface area contributed by atoms with Crippen LogP contribution in [0.15, 0.2) is 75.9 Å². The van der Waals surface area contributed by atoms with E-state index in [4.69, 9.17) is 13.9 Å². The fourth-order valence-electron chi connectivity index (χ4n) is 4.02. The van der Waals surface area contributed by atoms with Crippen molar-refractivity contribution in [2.45, 2.75) is 39.8 Å². The minimum absolute atomic E-state index is 0.0903. The van der Waals surface area contributed by atoms with Gasteiger partial charge in [0, 0.05) is 16.8 Å². The smallest absolute Gasteiger partial charge is 0.408 e. The van der Waals surface area contributed by atoms with Crippen molar-refractivity contribution in [3.8, 4) is 5.75 Å². The van der Waals surface area contributed by atoms with E-state index in [0.29, 0.717) is 17.4 Å². The summed E-state index contributed by atoms with van der Waals surface area (Å²) in [6.07, 6.45) is -0.338. The van der Waals surface area contributed by atoms with Crippen LogP contribution in [-0.4, -0.2) is 18.1 Å². The average Bonchev–Trinajstić information content (AvgIpc) is 2.82. The second kappa shape index (κ2) is 10.4. The van der Waals surface area contributed by atoms with Crippen molar-refractivity contribution in [3.05, 3.63) is 88.3 Å². The van der Waals surface area contributed by atoms with E-state index >= 15 is 0 Å². The van der Waals surface area contributed by atoms with Crippen molar-refractivity contribution in [1.82, 2.24) is 5.32 Å². The van der Waals surface area contributed by atoms with Gasteiger partial charge in [0.1, 0.15) is 24.0 Å². The maximum Gasteiger partial charge on any atom is 0.408 e. The van der Waals surface area contributed by atoms with E-state index in [0.717, 1.165) is 21.9 Å². The van der Waals surface area contributed by atoms with Crippen molar-refractivity contribution in [1.29, 1.82) is 0 Å². The van der Waals surface area contributed by atoms with Gasteiger partial charge in [-0.05, 0) is 42.5 Å². The number of carbonyl (C=O) groups excluding carboxylic acids is 2. The predicted octanol–water partition coefficient (Wildman–Crippen LogP) is 5.50. The second-order valence-electron chi connectivity index (χ2n) is 8.86. The van der Waals surface area contributed by atoms with Gasteiger partial charge in [-0.2, -0.15) is 0 Å². The number of hydrogen-bond acceptors (Lipinski definition) is 6. The van der Waals surface area contributed by atoms with Gasteiger partial charge in [-0.25, -0.2) is 14.4 Å². The molecule has 7 heteroatoms. The van der Waals surface area contributed by atoms with Crippen LogP contribution in [-0.2, 0) is 16.1 Å². The fraction of sp³-hybridized carbons (Fsp3) is 0.250. The molecule has 4 rings (SSSR count). The summed E-state index contributed by atoms with van der Waals surface area (Å²) in [6, 6.07) is 18.8. The third kappa shape index (κ3) is 5.69. The van der Waals surface area contributed by atoms with Crippen LogP contribution >= 0.6 is 0 Å². The Bertz CT molecular complexity index is 1420. The maximum atomic E-state index is 13.0. The molecule has 0 bridgehead atoms. The quantitative estimate of drug-likeness (QED) is 0.165. The molecule has 7 nitrogen and oxygen atoms in total. The number of carbonyl (C=O) groups is 2. The summed E-state index contributed by atoms with van der Waals surface area (Å²) in [5.74, 6) is -0.284. The molecule has 35 heavy (non-hydrogen) atoms. The maximum absolute atomic E-state index is 13.0. The standard InChI is InChI=1S/C28H27NO6/c1-17(2)13-23(29-28(32)33-16-19-9-5-4-6-10-19)27(31)34-20-14-18(3)25-21-11-7-8-12-22(21)26(30)35-24(25)15-20/h4-12,14-15,17,23H,13,16H2,1-3H3,(H,29,32)/t23-/m1/s1. The second-order valence-corrected chi connectivity index (χ2v) is 8.86. The Labute approximate surface area is 202 Å². The highest BCUT2D eigenvalue weighted by Crippen LogP contribution is 2.30. The van der Waals surface area contributed by atoms with Crippen molar-refractivity contribution >= 4 is 33.8 Å². The van der Waals surface area contributed by atoms with Gasteiger partial charge in [0.25, 0.3) is 0 Å². The zero-order chi connectivity index (χ0) is 24.9. The molecule has 1 heterocycles. The van der Waals surface area contributed by atoms with E-state index < -0.39 is 23.7 Å². The summed E-state index contributed by atoms with van der Waals surface area (Å²) >= 11 is 0. The van der Waals surface area contributed by atoms with E-state index in [2.05, 4.69) is 5.32 Å². The molecule has 1 amide bonds. The molecule has 180 valence electrons. The first kappa shape index (κ1) is 24.0. The van der Waals surface area contributed by atoms with Crippen molar-refractivity contribution < 1.29 is 23.5 Å². The van der Waals surface area contributed by atoms with Crippen LogP contribution in [0.25, 0.3) is 21.7 Å². The number of aryl methyl sites for hydroxylation is 1. The minimum atomic E-state index is -0.905. The average molecular weight is 474 g/mol. The van der Waals surface area contributed by atoms with Gasteiger partial charge in [0.15, 0.2) is 0 Å². The highest BCUT2D eigenvalue weighted by atomic mass is 16.6. The molecule has 0 aliphatic carbocycles. The number of amides is 1. The molecule has 0 saturated carbocycles. The van der Waals surface area contributed by atoms with Crippen LogP contribution in [0, 0.1) is 12.8 Å². The van der Waals surface area contributed by atoms with Gasteiger partial charge >= 0.3 is 17.7 Å². The summed E-state index contributed by atoms with van der Waals surface area (Å²) in [5, 5.41) is 4.66. The lowest BCUT2D eigenvalue weighted by molar-refractivity contribution is -0.137. The molecule has 0 aliphatic heterocycles. The molecule has 1 atom stereocenters. The zero-order valence-corrected chi connectivity index (χ0v) is 19.9. The number of alkyl carbamates (subject to hydrolysis) is 1. The summed E-state index contributed by atoms with van der Waals surface area (Å²) in [6.45, 7) is 5.83. The van der Waals surface area contributed by atoms with Gasteiger partial charge < -0.3 is 19.2 Å². The minimum Gasteiger partial charge on any atom is -0.445 e. The first-order valence-electron chi connectivity index (χ1n) is 11.5. The lowest BCUT2D eigenvalue weighted by atomic mass is 10.0. The van der Waals surface area contributed by atoms with E-state index in [1.165, 1.54) is 6.07 Å². The highest BCUT2D eigenvalue weighted by Gasteiger charge is 2.25. The molecule has 0 aliphatic rings. The number of rotatable bonds is 7. The van der Waals surface area contributed by atoms with Gasteiger partial charge in [-0.1, -0.05) is 62.4 Å². The Morgan fingerprint density at radius 1 is 0.971 bits per heavy atom. The number of benzene rings is 3. The van der Waals surface area contributed by atoms with Crippen LogP contribution in [0.1, 0.15) is 31.4 Å². The Morgan fingerprint density at radius 2 is 1.66 bits per heavy atom. The molecule has 0 saturated heterocycles. The Balaban J connectivity index is 1.53. The van der Waals surface area contributed by atoms with E-state index in [1.807, 2.05) is 63.2 Å². The van der Waals surface area contributed by atoms with Crippen molar-refractivity contribution in [3.63, 3.8) is 0 Å². The van der Waals surface area contributed by atoms with E-state index in [9.17, 15) is 14.4 Å². The van der Waals surface area contributed by atoms with Crippen LogP contribution in [0.3, 0.4) is 0 Å². The number of nitrogens with one attached hydrogen (secondary N) is 1. The van der Waals surface area contributed by atoms with Crippen LogP contribution in [0.5, 0.6) is 5.75 Å². The number of hydrogen-bond donors (Lipinski definition) is 1. The normalized spacial score (nSPS) is 12.0. The summed E-state index contributed by atoms with van der Waals surface area (Å²) in [5.41, 5.74) is 1.50. The van der Waals surface area contributed by atoms with Crippen LogP contribution in [0.4, 0.5) is 4.79 Å². The van der Waals surface area contributed by atoms with E-state index in [1.54, 1.807) is 18.2 Å². The molecule has 3 aromatic carbocycles.